The third-order valence-electron chi connectivity index (χ3n) is 6.43. The predicted molar refractivity (Wildman–Crippen MR) is 94.2 cm³/mol. The van der Waals surface area contributed by atoms with Crippen molar-refractivity contribution in [3.8, 4) is 17.2 Å². The fraction of sp³-hybridized carbons (Fsp3) is 0.500. The molecule has 8 nitrogen and oxygen atoms in total. The zero-order valence-electron chi connectivity index (χ0n) is 15.5. The summed E-state index contributed by atoms with van der Waals surface area (Å²) < 4.78 is 27.8. The van der Waals surface area contributed by atoms with Crippen LogP contribution >= 0.6 is 0 Å². The molecule has 4 heterocycles. The molecule has 0 saturated carbocycles. The first-order chi connectivity index (χ1) is 13.5. The topological polar surface area (TPSA) is 101 Å². The summed E-state index contributed by atoms with van der Waals surface area (Å²) in [5.41, 5.74) is -0.739. The number of aromatic hydroxyl groups is 1. The Morgan fingerprint density at radius 1 is 1.21 bits per heavy atom. The summed E-state index contributed by atoms with van der Waals surface area (Å²) in [7, 11) is 2.87. The molecule has 1 spiro atoms. The number of ketones is 1. The molecule has 28 heavy (non-hydrogen) atoms. The van der Waals surface area contributed by atoms with Crippen LogP contribution in [-0.2, 0) is 23.8 Å². The number of hydrogen-bond acceptors (Lipinski definition) is 8. The molecular formula is C20H20O8. The monoisotopic (exact) mass is 388 g/mol. The number of carbonyl (C=O) groups is 2. The molecule has 5 rings (SSSR count). The van der Waals surface area contributed by atoms with E-state index in [0.29, 0.717) is 30.6 Å². The van der Waals surface area contributed by atoms with E-state index in [0.717, 1.165) is 0 Å². The van der Waals surface area contributed by atoms with E-state index in [-0.39, 0.29) is 35.6 Å². The highest BCUT2D eigenvalue weighted by molar-refractivity contribution is 6.06. The largest absolute Gasteiger partial charge is 0.502 e. The van der Waals surface area contributed by atoms with E-state index in [1.54, 1.807) is 18.2 Å². The second-order valence-electron chi connectivity index (χ2n) is 7.60. The third kappa shape index (κ3) is 1.96. The van der Waals surface area contributed by atoms with Gasteiger partial charge in [0.1, 0.15) is 29.8 Å². The van der Waals surface area contributed by atoms with Gasteiger partial charge in [-0.15, -0.1) is 0 Å². The summed E-state index contributed by atoms with van der Waals surface area (Å²) in [5, 5.41) is 10.1. The summed E-state index contributed by atoms with van der Waals surface area (Å²) in [4.78, 5) is 25.7. The third-order valence-corrected chi connectivity index (χ3v) is 6.43. The highest BCUT2D eigenvalue weighted by atomic mass is 16.6. The molecule has 2 bridgehead atoms. The van der Waals surface area contributed by atoms with E-state index in [2.05, 4.69) is 0 Å². The van der Waals surface area contributed by atoms with E-state index in [4.69, 9.17) is 23.7 Å². The average molecular weight is 388 g/mol. The van der Waals surface area contributed by atoms with Crippen molar-refractivity contribution in [1.82, 2.24) is 0 Å². The van der Waals surface area contributed by atoms with Gasteiger partial charge in [0.25, 0.3) is 0 Å². The smallest absolute Gasteiger partial charge is 0.315 e. The Hall–Kier alpha value is -2.58. The molecule has 4 saturated heterocycles. The minimum atomic E-state index is -0.960. The molecule has 148 valence electrons. The normalized spacial score (nSPS) is 37.0. The summed E-state index contributed by atoms with van der Waals surface area (Å²) in [6, 6.07) is 3.22. The van der Waals surface area contributed by atoms with E-state index >= 15 is 0 Å². The van der Waals surface area contributed by atoms with Crippen molar-refractivity contribution in [3.63, 3.8) is 0 Å². The maximum atomic E-state index is 13.1. The van der Waals surface area contributed by atoms with Crippen molar-refractivity contribution < 1.29 is 38.4 Å². The van der Waals surface area contributed by atoms with Gasteiger partial charge in [0.2, 0.25) is 5.75 Å². The molecule has 0 unspecified atom stereocenters. The van der Waals surface area contributed by atoms with Crippen LogP contribution in [0.5, 0.6) is 17.2 Å². The Morgan fingerprint density at radius 2 is 1.93 bits per heavy atom. The summed E-state index contributed by atoms with van der Waals surface area (Å²) in [6.45, 7) is 0.435. The number of fused-ring (bicyclic) bond motifs is 1. The maximum absolute atomic E-state index is 13.1. The van der Waals surface area contributed by atoms with Crippen LogP contribution in [0.4, 0.5) is 0 Å². The number of phenols is 1. The van der Waals surface area contributed by atoms with Gasteiger partial charge < -0.3 is 28.8 Å². The maximum Gasteiger partial charge on any atom is 0.315 e. The highest BCUT2D eigenvalue weighted by Gasteiger charge is 2.77. The SMILES string of the molecule is COc1cc(/C=C2/C(=O)[C@H]3C[C@@]45CCO[C@@H]2[C@@]4(COC5=O)O3)cc(OC)c1O. The Labute approximate surface area is 161 Å². The van der Waals surface area contributed by atoms with Gasteiger partial charge in [0.15, 0.2) is 17.3 Å². The molecule has 0 radical (unpaired) electrons. The second kappa shape index (κ2) is 5.71. The lowest BCUT2D eigenvalue weighted by molar-refractivity contribution is -0.197. The standard InChI is InChI=1S/C20H20O8/c1-24-12-6-10(7-13(25-2)16(12)22)5-11-15(21)14-8-19-3-4-26-17(11)20(19,28-14)9-27-18(19)23/h5-7,14,17,22H,3-4,8-9H2,1-2H3/b11-5-/t14-,17+,19-,20-/m1/s1. The number of methoxy groups -OCH3 is 2. The summed E-state index contributed by atoms with van der Waals surface area (Å²) >= 11 is 0. The Kier molecular flexibility index (Phi) is 3.57. The number of carbonyl (C=O) groups excluding carboxylic acids is 2. The molecule has 1 aromatic rings. The molecule has 1 aromatic carbocycles. The van der Waals surface area contributed by atoms with Crippen molar-refractivity contribution in [2.24, 2.45) is 5.41 Å². The molecule has 1 N–H and O–H groups in total. The van der Waals surface area contributed by atoms with Crippen LogP contribution < -0.4 is 9.47 Å². The number of benzene rings is 1. The first kappa shape index (κ1) is 17.5. The predicted octanol–water partition coefficient (Wildman–Crippen LogP) is 1.24. The van der Waals surface area contributed by atoms with E-state index in [1.165, 1.54) is 14.2 Å². The zero-order valence-corrected chi connectivity index (χ0v) is 15.5. The number of ether oxygens (including phenoxy) is 5. The average Bonchev–Trinajstić information content (AvgIpc) is 3.19. The van der Waals surface area contributed by atoms with Gasteiger partial charge >= 0.3 is 5.97 Å². The van der Waals surface area contributed by atoms with Crippen LogP contribution in [0.3, 0.4) is 0 Å². The molecule has 4 aliphatic heterocycles. The number of phenolic OH excluding ortho intramolecular Hbond substituents is 1. The molecule has 8 heteroatoms. The molecule has 4 atom stereocenters. The lowest BCUT2D eigenvalue weighted by atomic mass is 9.67. The van der Waals surface area contributed by atoms with Gasteiger partial charge in [-0.3, -0.25) is 9.59 Å². The number of Topliss-reactive ketones (excluding diaryl/α,β-unsaturated/α-hetero) is 1. The van der Waals surface area contributed by atoms with Crippen molar-refractivity contribution in [1.29, 1.82) is 0 Å². The number of cyclic esters (lactones) is 1. The van der Waals surface area contributed by atoms with Crippen LogP contribution in [0.1, 0.15) is 18.4 Å². The molecule has 0 amide bonds. The quantitative estimate of drug-likeness (QED) is 0.610. The van der Waals surface area contributed by atoms with E-state index in [1.807, 2.05) is 0 Å². The summed E-state index contributed by atoms with van der Waals surface area (Å²) in [5.74, 6) is -0.155. The fourth-order valence-corrected chi connectivity index (χ4v) is 5.05. The van der Waals surface area contributed by atoms with E-state index in [9.17, 15) is 14.7 Å². The van der Waals surface area contributed by atoms with Crippen LogP contribution in [-0.4, -0.2) is 62.1 Å². The summed E-state index contributed by atoms with van der Waals surface area (Å²) in [6.07, 6.45) is 1.13. The minimum Gasteiger partial charge on any atom is -0.502 e. The fourth-order valence-electron chi connectivity index (χ4n) is 5.05. The van der Waals surface area contributed by atoms with Crippen molar-refractivity contribution in [2.45, 2.75) is 30.7 Å². The van der Waals surface area contributed by atoms with Crippen LogP contribution in [0.2, 0.25) is 0 Å². The lowest BCUT2D eigenvalue weighted by Crippen LogP contribution is -2.62. The minimum absolute atomic E-state index is 0.0832. The number of esters is 1. The van der Waals surface area contributed by atoms with E-state index < -0.39 is 23.2 Å². The van der Waals surface area contributed by atoms with Gasteiger partial charge in [0, 0.05) is 18.6 Å². The molecule has 4 fully saturated rings. The Bertz CT molecular complexity index is 896. The van der Waals surface area contributed by atoms with Gasteiger partial charge in [-0.05, 0) is 30.2 Å². The van der Waals surface area contributed by atoms with Gasteiger partial charge in [-0.25, -0.2) is 0 Å². The Morgan fingerprint density at radius 3 is 2.61 bits per heavy atom. The van der Waals surface area contributed by atoms with Crippen LogP contribution in [0.15, 0.2) is 17.7 Å². The van der Waals surface area contributed by atoms with Crippen LogP contribution in [0, 0.1) is 5.41 Å². The molecular weight excluding hydrogens is 368 g/mol. The molecule has 0 aromatic heterocycles. The first-order valence-corrected chi connectivity index (χ1v) is 9.13. The Balaban J connectivity index is 1.64. The van der Waals surface area contributed by atoms with Crippen molar-refractivity contribution in [2.75, 3.05) is 27.4 Å². The molecule has 4 aliphatic rings. The molecule has 0 aliphatic carbocycles. The number of rotatable bonds is 3. The van der Waals surface area contributed by atoms with Gasteiger partial charge in [-0.2, -0.15) is 0 Å². The second-order valence-corrected chi connectivity index (χ2v) is 7.60. The van der Waals surface area contributed by atoms with Crippen molar-refractivity contribution in [3.05, 3.63) is 23.3 Å². The number of hydrogen-bond donors (Lipinski definition) is 1. The highest BCUT2D eigenvalue weighted by Crippen LogP contribution is 2.62. The lowest BCUT2D eigenvalue weighted by Gasteiger charge is -2.46. The van der Waals surface area contributed by atoms with Crippen molar-refractivity contribution >= 4 is 17.8 Å². The van der Waals surface area contributed by atoms with Crippen LogP contribution in [0.25, 0.3) is 6.08 Å². The van der Waals surface area contributed by atoms with Gasteiger partial charge in [0.05, 0.1) is 14.2 Å². The zero-order chi connectivity index (χ0) is 19.7. The first-order valence-electron chi connectivity index (χ1n) is 9.13. The van der Waals surface area contributed by atoms with Gasteiger partial charge in [-0.1, -0.05) is 0 Å².